The first kappa shape index (κ1) is 20.2. The van der Waals surface area contributed by atoms with Gasteiger partial charge in [-0.05, 0) is 67.5 Å². The summed E-state index contributed by atoms with van der Waals surface area (Å²) in [5, 5.41) is 10.5. The van der Waals surface area contributed by atoms with E-state index in [-0.39, 0.29) is 12.5 Å². The first-order valence-corrected chi connectivity index (χ1v) is 10.9. The normalized spacial score (nSPS) is 11.0. The van der Waals surface area contributed by atoms with Crippen molar-refractivity contribution in [2.75, 3.05) is 11.9 Å². The molecule has 0 radical (unpaired) electrons. The number of amides is 1. The van der Waals surface area contributed by atoms with Crippen LogP contribution in [-0.4, -0.2) is 32.3 Å². The van der Waals surface area contributed by atoms with Crippen molar-refractivity contribution in [3.05, 3.63) is 52.8 Å². The fraction of sp³-hybridized carbons (Fsp3) is 0.238. The average molecular weight is 440 g/mol. The minimum atomic E-state index is -0.213. The van der Waals surface area contributed by atoms with Crippen molar-refractivity contribution < 1.29 is 9.53 Å². The number of thiazole rings is 1. The monoisotopic (exact) mass is 439 g/mol. The molecular formula is C21H21N5O2S2. The summed E-state index contributed by atoms with van der Waals surface area (Å²) < 4.78 is 8.58. The van der Waals surface area contributed by atoms with Crippen molar-refractivity contribution in [1.29, 1.82) is 0 Å². The molecule has 0 aliphatic rings. The van der Waals surface area contributed by atoms with E-state index in [1.54, 1.807) is 4.57 Å². The maximum Gasteiger partial charge on any atom is 0.246 e. The predicted octanol–water partition coefficient (Wildman–Crippen LogP) is 4.82. The van der Waals surface area contributed by atoms with Gasteiger partial charge < -0.3 is 10.1 Å². The smallest absolute Gasteiger partial charge is 0.246 e. The van der Waals surface area contributed by atoms with Gasteiger partial charge in [0.1, 0.15) is 12.3 Å². The second kappa shape index (κ2) is 8.76. The van der Waals surface area contributed by atoms with E-state index in [1.165, 1.54) is 16.9 Å². The molecule has 0 saturated carbocycles. The van der Waals surface area contributed by atoms with Crippen LogP contribution in [0, 0.1) is 4.77 Å². The third kappa shape index (κ3) is 4.27. The molecule has 154 valence electrons. The van der Waals surface area contributed by atoms with Crippen molar-refractivity contribution in [2.45, 2.75) is 26.8 Å². The minimum absolute atomic E-state index is 0.0357. The number of aromatic nitrogens is 4. The summed E-state index contributed by atoms with van der Waals surface area (Å²) in [4.78, 5) is 17.2. The summed E-state index contributed by atoms with van der Waals surface area (Å²) >= 11 is 6.79. The molecule has 4 aromatic rings. The highest BCUT2D eigenvalue weighted by Gasteiger charge is 2.14. The highest BCUT2D eigenvalue weighted by molar-refractivity contribution is 7.71. The van der Waals surface area contributed by atoms with Crippen molar-refractivity contribution in [3.8, 4) is 17.1 Å². The second-order valence-electron chi connectivity index (χ2n) is 6.62. The van der Waals surface area contributed by atoms with Crippen LogP contribution in [-0.2, 0) is 17.8 Å². The minimum Gasteiger partial charge on any atom is -0.494 e. The van der Waals surface area contributed by atoms with Crippen LogP contribution < -0.4 is 10.1 Å². The van der Waals surface area contributed by atoms with Gasteiger partial charge in [0, 0.05) is 5.56 Å². The number of ether oxygens (including phenoxy) is 1. The molecule has 0 spiro atoms. The Balaban J connectivity index is 1.52. The Morgan fingerprint density at radius 2 is 2.03 bits per heavy atom. The molecule has 0 fully saturated rings. The van der Waals surface area contributed by atoms with Crippen LogP contribution in [0.3, 0.4) is 0 Å². The van der Waals surface area contributed by atoms with Crippen LogP contribution in [0.4, 0.5) is 5.13 Å². The van der Waals surface area contributed by atoms with E-state index in [9.17, 15) is 4.79 Å². The Bertz CT molecular complexity index is 1240. The van der Waals surface area contributed by atoms with Gasteiger partial charge in [0.2, 0.25) is 5.91 Å². The largest absolute Gasteiger partial charge is 0.494 e. The van der Waals surface area contributed by atoms with Gasteiger partial charge in [-0.2, -0.15) is 5.10 Å². The number of hydrogen-bond donors (Lipinski definition) is 2. The molecule has 9 heteroatoms. The molecule has 0 aliphatic carbocycles. The maximum absolute atomic E-state index is 12.7. The van der Waals surface area contributed by atoms with Crippen LogP contribution >= 0.6 is 23.6 Å². The van der Waals surface area contributed by atoms with E-state index in [2.05, 4.69) is 39.6 Å². The van der Waals surface area contributed by atoms with Crippen molar-refractivity contribution in [3.63, 3.8) is 0 Å². The highest BCUT2D eigenvalue weighted by atomic mass is 32.1. The Hall–Kier alpha value is -3.04. The molecule has 1 amide bonds. The maximum atomic E-state index is 12.7. The van der Waals surface area contributed by atoms with E-state index < -0.39 is 0 Å². The summed E-state index contributed by atoms with van der Waals surface area (Å²) in [7, 11) is 0. The number of carbonyl (C=O) groups excluding carboxylic acids is 1. The van der Waals surface area contributed by atoms with E-state index in [1.807, 2.05) is 37.3 Å². The molecule has 0 saturated heterocycles. The first-order chi connectivity index (χ1) is 14.6. The van der Waals surface area contributed by atoms with Gasteiger partial charge in [0.15, 0.2) is 15.7 Å². The van der Waals surface area contributed by atoms with E-state index in [0.717, 1.165) is 28.0 Å². The van der Waals surface area contributed by atoms with Crippen LogP contribution in [0.1, 0.15) is 19.4 Å². The molecule has 4 rings (SSSR count). The summed E-state index contributed by atoms with van der Waals surface area (Å²) in [5.74, 6) is 1.16. The zero-order valence-corrected chi connectivity index (χ0v) is 18.3. The molecule has 0 aliphatic heterocycles. The number of nitrogens with one attached hydrogen (secondary N) is 2. The van der Waals surface area contributed by atoms with Gasteiger partial charge >= 0.3 is 0 Å². The van der Waals surface area contributed by atoms with E-state index in [4.69, 9.17) is 17.0 Å². The second-order valence-corrected chi connectivity index (χ2v) is 8.04. The number of hydrogen-bond acceptors (Lipinski definition) is 6. The predicted molar refractivity (Wildman–Crippen MR) is 122 cm³/mol. The zero-order valence-electron chi connectivity index (χ0n) is 16.6. The van der Waals surface area contributed by atoms with Gasteiger partial charge in [-0.25, -0.2) is 4.98 Å². The van der Waals surface area contributed by atoms with Gasteiger partial charge in [0.05, 0.1) is 16.8 Å². The first-order valence-electron chi connectivity index (χ1n) is 9.65. The third-order valence-electron chi connectivity index (χ3n) is 4.59. The lowest BCUT2D eigenvalue weighted by atomic mass is 10.2. The lowest BCUT2D eigenvalue weighted by Crippen LogP contribution is -2.19. The summed E-state index contributed by atoms with van der Waals surface area (Å²) in [5.41, 5.74) is 2.96. The molecule has 2 N–H and O–H groups in total. The fourth-order valence-corrected chi connectivity index (χ4v) is 4.24. The van der Waals surface area contributed by atoms with Crippen LogP contribution in [0.2, 0.25) is 0 Å². The number of nitrogens with zero attached hydrogens (tertiary/aromatic N) is 3. The molecule has 0 bridgehead atoms. The van der Waals surface area contributed by atoms with Gasteiger partial charge in [-0.15, -0.1) is 0 Å². The summed E-state index contributed by atoms with van der Waals surface area (Å²) in [6.07, 6.45) is 0.961. The van der Waals surface area contributed by atoms with Gasteiger partial charge in [-0.3, -0.25) is 14.5 Å². The average Bonchev–Trinajstić information content (AvgIpc) is 3.31. The van der Waals surface area contributed by atoms with Gasteiger partial charge in [0.25, 0.3) is 0 Å². The number of H-pyrrole nitrogens is 1. The Labute approximate surface area is 182 Å². The number of anilines is 1. The highest BCUT2D eigenvalue weighted by Crippen LogP contribution is 2.27. The molecular weight excluding hydrogens is 418 g/mol. The fourth-order valence-electron chi connectivity index (χ4n) is 3.10. The van der Waals surface area contributed by atoms with E-state index >= 15 is 0 Å². The topological polar surface area (TPSA) is 84.8 Å². The molecule has 2 heterocycles. The Kier molecular flexibility index (Phi) is 5.91. The number of aromatic amines is 1. The van der Waals surface area contributed by atoms with Crippen LogP contribution in [0.5, 0.6) is 5.75 Å². The lowest BCUT2D eigenvalue weighted by molar-refractivity contribution is -0.116. The van der Waals surface area contributed by atoms with Gasteiger partial charge in [-0.1, -0.05) is 24.3 Å². The standard InChI is InChI=1S/C21H21N5O2S2/c1-3-13-5-10-16-17(11-13)30-20(22-16)23-18(27)12-26-19(24-25-21(26)29)14-6-8-15(9-7-14)28-4-2/h5-11H,3-4,12H2,1-2H3,(H,25,29)(H,22,23,27). The molecule has 2 aromatic carbocycles. The van der Waals surface area contributed by atoms with Crippen LogP contribution in [0.15, 0.2) is 42.5 Å². The Morgan fingerprint density at radius 1 is 1.23 bits per heavy atom. The Morgan fingerprint density at radius 3 is 2.77 bits per heavy atom. The van der Waals surface area contributed by atoms with Crippen molar-refractivity contribution in [1.82, 2.24) is 19.7 Å². The van der Waals surface area contributed by atoms with Crippen molar-refractivity contribution >= 4 is 44.8 Å². The number of carbonyl (C=O) groups is 1. The molecule has 2 aromatic heterocycles. The third-order valence-corrected chi connectivity index (χ3v) is 5.84. The van der Waals surface area contributed by atoms with Crippen LogP contribution in [0.25, 0.3) is 21.6 Å². The zero-order chi connectivity index (χ0) is 21.1. The number of fused-ring (bicyclic) bond motifs is 1. The van der Waals surface area contributed by atoms with E-state index in [0.29, 0.717) is 22.3 Å². The molecule has 30 heavy (non-hydrogen) atoms. The number of aryl methyl sites for hydroxylation is 1. The van der Waals surface area contributed by atoms with Crippen molar-refractivity contribution in [2.24, 2.45) is 0 Å². The molecule has 0 unspecified atom stereocenters. The number of rotatable bonds is 7. The molecule has 7 nitrogen and oxygen atoms in total. The molecule has 0 atom stereocenters. The number of benzene rings is 2. The summed E-state index contributed by atoms with van der Waals surface area (Å²) in [6, 6.07) is 13.7. The summed E-state index contributed by atoms with van der Waals surface area (Å²) in [6.45, 7) is 4.69. The lowest BCUT2D eigenvalue weighted by Gasteiger charge is -2.08. The SMILES string of the molecule is CCOc1ccc(-c2n[nH]c(=S)n2CC(=O)Nc2nc3ccc(CC)cc3s2)cc1. The quantitative estimate of drug-likeness (QED) is 0.404.